The van der Waals surface area contributed by atoms with Gasteiger partial charge in [0.15, 0.2) is 0 Å². The Morgan fingerprint density at radius 1 is 1.18 bits per heavy atom. The van der Waals surface area contributed by atoms with Crippen molar-refractivity contribution in [3.63, 3.8) is 0 Å². The first kappa shape index (κ1) is 15.1. The highest BCUT2D eigenvalue weighted by atomic mass is 32.2. The van der Waals surface area contributed by atoms with Gasteiger partial charge in [0.05, 0.1) is 12.2 Å². The minimum absolute atomic E-state index is 0.743. The number of anilines is 2. The molecule has 0 unspecified atom stereocenters. The lowest BCUT2D eigenvalue weighted by Crippen LogP contribution is -2.33. The van der Waals surface area contributed by atoms with Crippen molar-refractivity contribution >= 4 is 23.4 Å². The first-order chi connectivity index (χ1) is 10.7. The maximum absolute atomic E-state index is 4.46. The molecule has 0 atom stereocenters. The van der Waals surface area contributed by atoms with E-state index < -0.39 is 0 Å². The molecular weight excluding hydrogens is 294 g/mol. The lowest BCUT2D eigenvalue weighted by Gasteiger charge is -2.28. The molecule has 0 spiro atoms. The van der Waals surface area contributed by atoms with E-state index in [1.165, 1.54) is 17.1 Å². The summed E-state index contributed by atoms with van der Waals surface area (Å²) in [4.78, 5) is 17.7. The molecule has 0 amide bonds. The maximum Gasteiger partial charge on any atom is 0.134 e. The monoisotopic (exact) mass is 315 g/mol. The van der Waals surface area contributed by atoms with Gasteiger partial charge in [-0.3, -0.25) is 4.98 Å². The number of thioether (sulfide) groups is 1. The van der Waals surface area contributed by atoms with Crippen LogP contribution in [0, 0.1) is 6.92 Å². The van der Waals surface area contributed by atoms with Crippen molar-refractivity contribution in [1.29, 1.82) is 0 Å². The average Bonchev–Trinajstić information content (AvgIpc) is 2.58. The fourth-order valence-electron chi connectivity index (χ4n) is 2.43. The third-order valence-corrected chi connectivity index (χ3v) is 4.68. The highest BCUT2D eigenvalue weighted by molar-refractivity contribution is 7.99. The van der Waals surface area contributed by atoms with Gasteiger partial charge in [0.1, 0.15) is 18.0 Å². The number of pyridine rings is 1. The summed E-state index contributed by atoms with van der Waals surface area (Å²) in [6.07, 6.45) is 3.56. The number of hydrogen-bond donors (Lipinski definition) is 0. The van der Waals surface area contributed by atoms with Crippen LogP contribution in [0.1, 0.15) is 11.3 Å². The quantitative estimate of drug-likeness (QED) is 0.863. The molecule has 1 fully saturated rings. The predicted molar refractivity (Wildman–Crippen MR) is 92.7 cm³/mol. The molecule has 0 saturated carbocycles. The molecule has 5 nitrogen and oxygen atoms in total. The topological polar surface area (TPSA) is 45.2 Å². The molecule has 0 bridgehead atoms. The van der Waals surface area contributed by atoms with Crippen LogP contribution in [0.4, 0.5) is 11.6 Å². The molecule has 6 heteroatoms. The Bertz CT molecular complexity index is 610. The number of nitrogens with zero attached hydrogens (tertiary/aromatic N) is 5. The summed E-state index contributed by atoms with van der Waals surface area (Å²) < 4.78 is 0. The van der Waals surface area contributed by atoms with Crippen molar-refractivity contribution in [2.45, 2.75) is 13.5 Å². The van der Waals surface area contributed by atoms with E-state index in [0.29, 0.717) is 0 Å². The van der Waals surface area contributed by atoms with Gasteiger partial charge in [0.25, 0.3) is 0 Å². The van der Waals surface area contributed by atoms with Crippen molar-refractivity contribution in [3.8, 4) is 0 Å². The molecule has 2 aromatic rings. The van der Waals surface area contributed by atoms with E-state index in [0.717, 1.165) is 37.0 Å². The molecule has 3 heterocycles. The van der Waals surface area contributed by atoms with Crippen molar-refractivity contribution in [3.05, 3.63) is 42.0 Å². The van der Waals surface area contributed by atoms with Crippen LogP contribution in [0.15, 0.2) is 30.7 Å². The van der Waals surface area contributed by atoms with Crippen LogP contribution in [0.25, 0.3) is 0 Å². The number of aryl methyl sites for hydroxylation is 1. The highest BCUT2D eigenvalue weighted by Crippen LogP contribution is 2.21. The van der Waals surface area contributed by atoms with E-state index in [-0.39, 0.29) is 0 Å². The van der Waals surface area contributed by atoms with Crippen LogP contribution in [0.5, 0.6) is 0 Å². The Morgan fingerprint density at radius 3 is 2.73 bits per heavy atom. The van der Waals surface area contributed by atoms with Crippen LogP contribution < -0.4 is 9.80 Å². The Balaban J connectivity index is 1.71. The fourth-order valence-corrected chi connectivity index (χ4v) is 3.33. The largest absolute Gasteiger partial charge is 0.355 e. The van der Waals surface area contributed by atoms with E-state index >= 15 is 0 Å². The van der Waals surface area contributed by atoms with Gasteiger partial charge in [-0.15, -0.1) is 0 Å². The second-order valence-electron chi connectivity index (χ2n) is 5.52. The number of hydrogen-bond acceptors (Lipinski definition) is 6. The van der Waals surface area contributed by atoms with Gasteiger partial charge < -0.3 is 9.80 Å². The molecule has 1 aliphatic rings. The van der Waals surface area contributed by atoms with Crippen molar-refractivity contribution in [2.24, 2.45) is 0 Å². The zero-order chi connectivity index (χ0) is 15.4. The second kappa shape index (κ2) is 6.96. The van der Waals surface area contributed by atoms with Gasteiger partial charge in [0.2, 0.25) is 0 Å². The molecule has 2 aromatic heterocycles. The smallest absolute Gasteiger partial charge is 0.134 e. The Labute approximate surface area is 135 Å². The molecule has 1 aliphatic heterocycles. The van der Waals surface area contributed by atoms with Gasteiger partial charge in [-0.25, -0.2) is 9.97 Å². The van der Waals surface area contributed by atoms with Gasteiger partial charge in [-0.2, -0.15) is 11.8 Å². The van der Waals surface area contributed by atoms with Gasteiger partial charge in [0, 0.05) is 43.9 Å². The molecule has 3 rings (SSSR count). The summed E-state index contributed by atoms with van der Waals surface area (Å²) in [6, 6.07) is 6.23. The normalized spacial score (nSPS) is 14.9. The maximum atomic E-state index is 4.46. The lowest BCUT2D eigenvalue weighted by atomic mass is 10.2. The van der Waals surface area contributed by atoms with E-state index in [2.05, 4.69) is 43.0 Å². The van der Waals surface area contributed by atoms with E-state index in [1.54, 1.807) is 6.33 Å². The summed E-state index contributed by atoms with van der Waals surface area (Å²) in [5, 5.41) is 0. The zero-order valence-electron chi connectivity index (χ0n) is 13.1. The summed E-state index contributed by atoms with van der Waals surface area (Å²) >= 11 is 2.00. The molecule has 1 saturated heterocycles. The van der Waals surface area contributed by atoms with E-state index in [9.17, 15) is 0 Å². The Kier molecular flexibility index (Phi) is 4.77. The first-order valence-electron chi connectivity index (χ1n) is 7.50. The summed E-state index contributed by atoms with van der Waals surface area (Å²) in [5.74, 6) is 4.30. The Morgan fingerprint density at radius 2 is 2.00 bits per heavy atom. The molecule has 0 aromatic carbocycles. The highest BCUT2D eigenvalue weighted by Gasteiger charge is 2.14. The minimum atomic E-state index is 0.743. The fraction of sp³-hybridized carbons (Fsp3) is 0.438. The third-order valence-electron chi connectivity index (χ3n) is 3.74. The van der Waals surface area contributed by atoms with E-state index in [4.69, 9.17) is 0 Å². The van der Waals surface area contributed by atoms with Crippen LogP contribution in [0.2, 0.25) is 0 Å². The summed E-state index contributed by atoms with van der Waals surface area (Å²) in [7, 11) is 2.04. The lowest BCUT2D eigenvalue weighted by molar-refractivity contribution is 0.822. The predicted octanol–water partition coefficient (Wildman–Crippen LogP) is 2.37. The van der Waals surface area contributed by atoms with Crippen molar-refractivity contribution in [2.75, 3.05) is 41.4 Å². The standard InChI is InChI=1S/C16H21N5S/c1-13-3-4-14(17-10-13)11-20(2)15-9-16(19-12-18-15)21-5-7-22-8-6-21/h3-4,9-10,12H,5-8,11H2,1-2H3. The molecule has 116 valence electrons. The van der Waals surface area contributed by atoms with Crippen molar-refractivity contribution in [1.82, 2.24) is 15.0 Å². The van der Waals surface area contributed by atoms with E-state index in [1.807, 2.05) is 31.9 Å². The first-order valence-corrected chi connectivity index (χ1v) is 8.65. The van der Waals surface area contributed by atoms with Gasteiger partial charge >= 0.3 is 0 Å². The van der Waals surface area contributed by atoms with Gasteiger partial charge in [-0.05, 0) is 18.6 Å². The van der Waals surface area contributed by atoms with Crippen LogP contribution >= 0.6 is 11.8 Å². The van der Waals surface area contributed by atoms with Crippen LogP contribution in [-0.4, -0.2) is 46.6 Å². The molecule has 0 radical (unpaired) electrons. The van der Waals surface area contributed by atoms with Crippen LogP contribution in [0.3, 0.4) is 0 Å². The molecule has 0 aliphatic carbocycles. The average molecular weight is 315 g/mol. The minimum Gasteiger partial charge on any atom is -0.355 e. The van der Waals surface area contributed by atoms with Crippen molar-refractivity contribution < 1.29 is 0 Å². The summed E-state index contributed by atoms with van der Waals surface area (Å²) in [6.45, 7) is 4.91. The zero-order valence-corrected chi connectivity index (χ0v) is 13.9. The van der Waals surface area contributed by atoms with Crippen LogP contribution in [-0.2, 0) is 6.54 Å². The number of aromatic nitrogens is 3. The second-order valence-corrected chi connectivity index (χ2v) is 6.74. The Hall–Kier alpha value is -1.82. The summed E-state index contributed by atoms with van der Waals surface area (Å²) in [5.41, 5.74) is 2.22. The van der Waals surface area contributed by atoms with Gasteiger partial charge in [-0.1, -0.05) is 6.07 Å². The molecule has 0 N–H and O–H groups in total. The SMILES string of the molecule is Cc1ccc(CN(C)c2cc(N3CCSCC3)ncn2)nc1. The molecule has 22 heavy (non-hydrogen) atoms. The third kappa shape index (κ3) is 3.68. The molecular formula is C16H21N5S. The number of rotatable bonds is 4.